The van der Waals surface area contributed by atoms with E-state index in [1.54, 1.807) is 0 Å². The van der Waals surface area contributed by atoms with Gasteiger partial charge in [-0.2, -0.15) is 0 Å². The normalized spacial score (nSPS) is 40.6. The minimum Gasteiger partial charge on any atom is -0.368 e. The van der Waals surface area contributed by atoms with E-state index in [4.69, 9.17) is 16.3 Å². The smallest absolute Gasteiger partial charge is 0.109 e. The van der Waals surface area contributed by atoms with E-state index < -0.39 is 0 Å². The molecule has 0 saturated carbocycles. The Morgan fingerprint density at radius 2 is 2.06 bits per heavy atom. The van der Waals surface area contributed by atoms with Crippen molar-refractivity contribution in [1.82, 2.24) is 0 Å². The molecule has 2 nitrogen and oxygen atoms in total. The summed E-state index contributed by atoms with van der Waals surface area (Å²) in [5.74, 6) is 0.628. The van der Waals surface area contributed by atoms with Crippen LogP contribution in [0.5, 0.6) is 0 Å². The van der Waals surface area contributed by atoms with Crippen LogP contribution in [0.2, 0.25) is 5.02 Å². The van der Waals surface area contributed by atoms with Gasteiger partial charge in [0.2, 0.25) is 0 Å². The molecule has 2 bridgehead atoms. The molecule has 0 aliphatic carbocycles. The summed E-state index contributed by atoms with van der Waals surface area (Å²) in [4.78, 5) is 2.41. The standard InChI is InChI=1S/C15H16ClNO/c1-14-6-7-15(18-14)10-17(9-11(15)8-14)13-4-2-12(16)3-5-13/h2-7,11H,8-10H2,1H3. The van der Waals surface area contributed by atoms with Gasteiger partial charge in [0.1, 0.15) is 5.60 Å². The summed E-state index contributed by atoms with van der Waals surface area (Å²) in [6.07, 6.45) is 5.68. The van der Waals surface area contributed by atoms with Crippen molar-refractivity contribution in [2.45, 2.75) is 24.5 Å². The van der Waals surface area contributed by atoms with Gasteiger partial charge >= 0.3 is 0 Å². The molecule has 3 heterocycles. The molecular weight excluding hydrogens is 246 g/mol. The summed E-state index contributed by atoms with van der Waals surface area (Å²) >= 11 is 5.94. The fraction of sp³-hybridized carbons (Fsp3) is 0.467. The average Bonchev–Trinajstić information content (AvgIpc) is 2.91. The van der Waals surface area contributed by atoms with E-state index in [9.17, 15) is 0 Å². The number of anilines is 1. The molecule has 0 aromatic heterocycles. The van der Waals surface area contributed by atoms with Crippen LogP contribution in [0.3, 0.4) is 0 Å². The van der Waals surface area contributed by atoms with Gasteiger partial charge in [-0.3, -0.25) is 0 Å². The van der Waals surface area contributed by atoms with Crippen LogP contribution in [-0.2, 0) is 4.74 Å². The summed E-state index contributed by atoms with van der Waals surface area (Å²) < 4.78 is 6.27. The maximum atomic E-state index is 6.27. The second-order valence-corrected chi connectivity index (χ2v) is 6.40. The summed E-state index contributed by atoms with van der Waals surface area (Å²) in [5, 5.41) is 0.792. The Morgan fingerprint density at radius 3 is 2.72 bits per heavy atom. The van der Waals surface area contributed by atoms with E-state index in [0.29, 0.717) is 5.92 Å². The van der Waals surface area contributed by atoms with Crippen molar-refractivity contribution in [2.24, 2.45) is 5.92 Å². The van der Waals surface area contributed by atoms with Crippen LogP contribution in [0, 0.1) is 5.92 Å². The molecule has 1 aromatic rings. The SMILES string of the molecule is CC12C=CC3(CN(c4ccc(Cl)cc4)CC3C1)O2. The van der Waals surface area contributed by atoms with Gasteiger partial charge in [-0.15, -0.1) is 0 Å². The van der Waals surface area contributed by atoms with Crippen LogP contribution in [-0.4, -0.2) is 24.3 Å². The highest BCUT2D eigenvalue weighted by Crippen LogP contribution is 2.53. The van der Waals surface area contributed by atoms with Gasteiger partial charge in [-0.05, 0) is 37.6 Å². The molecule has 94 valence electrons. The number of hydrogen-bond donors (Lipinski definition) is 0. The summed E-state index contributed by atoms with van der Waals surface area (Å²) in [5.41, 5.74) is 1.21. The van der Waals surface area contributed by atoms with Crippen molar-refractivity contribution in [3.8, 4) is 0 Å². The minimum absolute atomic E-state index is 0.00322. The third-order valence-corrected chi connectivity index (χ3v) is 4.81. The molecule has 1 spiro atoms. The summed E-state index contributed by atoms with van der Waals surface area (Å²) in [6.45, 7) is 4.25. The largest absolute Gasteiger partial charge is 0.368 e. The van der Waals surface area contributed by atoms with Crippen LogP contribution in [0.15, 0.2) is 36.4 Å². The second kappa shape index (κ2) is 3.31. The molecule has 3 heteroatoms. The van der Waals surface area contributed by atoms with Crippen molar-refractivity contribution >= 4 is 17.3 Å². The van der Waals surface area contributed by atoms with Gasteiger partial charge in [-0.1, -0.05) is 23.8 Å². The molecule has 2 fully saturated rings. The quantitative estimate of drug-likeness (QED) is 0.720. The molecule has 2 saturated heterocycles. The molecule has 3 aliphatic rings. The van der Waals surface area contributed by atoms with E-state index in [2.05, 4.69) is 36.1 Å². The molecule has 3 unspecified atom stereocenters. The van der Waals surface area contributed by atoms with E-state index in [-0.39, 0.29) is 11.2 Å². The van der Waals surface area contributed by atoms with Gasteiger partial charge in [0.05, 0.1) is 12.1 Å². The Hall–Kier alpha value is -0.990. The number of halogens is 1. The summed E-state index contributed by atoms with van der Waals surface area (Å²) in [6, 6.07) is 8.10. The van der Waals surface area contributed by atoms with Crippen LogP contribution >= 0.6 is 11.6 Å². The predicted molar refractivity (Wildman–Crippen MR) is 73.1 cm³/mol. The minimum atomic E-state index is -0.0333. The van der Waals surface area contributed by atoms with Gasteiger partial charge in [0, 0.05) is 23.2 Å². The molecule has 4 rings (SSSR count). The fourth-order valence-electron chi connectivity index (χ4n) is 3.72. The van der Waals surface area contributed by atoms with Crippen molar-refractivity contribution in [3.05, 3.63) is 41.4 Å². The lowest BCUT2D eigenvalue weighted by Crippen LogP contribution is -2.33. The Balaban J connectivity index is 1.62. The topological polar surface area (TPSA) is 12.5 Å². The van der Waals surface area contributed by atoms with Gasteiger partial charge < -0.3 is 9.64 Å². The molecule has 3 aliphatic heterocycles. The lowest BCUT2D eigenvalue weighted by Gasteiger charge is -2.25. The average molecular weight is 262 g/mol. The zero-order chi connectivity index (χ0) is 12.4. The zero-order valence-electron chi connectivity index (χ0n) is 10.4. The number of nitrogens with zero attached hydrogens (tertiary/aromatic N) is 1. The van der Waals surface area contributed by atoms with Crippen LogP contribution in [0.1, 0.15) is 13.3 Å². The van der Waals surface area contributed by atoms with E-state index in [0.717, 1.165) is 24.5 Å². The monoisotopic (exact) mass is 261 g/mol. The van der Waals surface area contributed by atoms with Gasteiger partial charge in [0.15, 0.2) is 0 Å². The Bertz CT molecular complexity index is 526. The molecule has 18 heavy (non-hydrogen) atoms. The van der Waals surface area contributed by atoms with Gasteiger partial charge in [0.25, 0.3) is 0 Å². The van der Waals surface area contributed by atoms with Crippen LogP contribution in [0.25, 0.3) is 0 Å². The van der Waals surface area contributed by atoms with Crippen molar-refractivity contribution in [1.29, 1.82) is 0 Å². The predicted octanol–water partition coefficient (Wildman–Crippen LogP) is 3.26. The molecule has 0 radical (unpaired) electrons. The highest BCUT2D eigenvalue weighted by molar-refractivity contribution is 6.30. The van der Waals surface area contributed by atoms with Crippen LogP contribution in [0.4, 0.5) is 5.69 Å². The van der Waals surface area contributed by atoms with E-state index in [1.807, 2.05) is 12.1 Å². The zero-order valence-corrected chi connectivity index (χ0v) is 11.2. The first-order valence-corrected chi connectivity index (χ1v) is 6.88. The first kappa shape index (κ1) is 10.9. The maximum Gasteiger partial charge on any atom is 0.109 e. The van der Waals surface area contributed by atoms with E-state index >= 15 is 0 Å². The van der Waals surface area contributed by atoms with E-state index in [1.165, 1.54) is 5.69 Å². The third kappa shape index (κ3) is 1.39. The third-order valence-electron chi connectivity index (χ3n) is 4.55. The van der Waals surface area contributed by atoms with Crippen molar-refractivity contribution in [2.75, 3.05) is 18.0 Å². The molecule has 1 aromatic carbocycles. The molecular formula is C15H16ClNO. The van der Waals surface area contributed by atoms with Crippen molar-refractivity contribution < 1.29 is 4.74 Å². The number of rotatable bonds is 1. The van der Waals surface area contributed by atoms with Gasteiger partial charge in [-0.25, -0.2) is 0 Å². The molecule has 0 amide bonds. The highest BCUT2D eigenvalue weighted by atomic mass is 35.5. The number of hydrogen-bond acceptors (Lipinski definition) is 2. The number of fused-ring (bicyclic) bond motifs is 1. The highest BCUT2D eigenvalue weighted by Gasteiger charge is 2.59. The lowest BCUT2D eigenvalue weighted by atomic mass is 9.82. The lowest BCUT2D eigenvalue weighted by molar-refractivity contribution is -0.0172. The van der Waals surface area contributed by atoms with Crippen LogP contribution < -0.4 is 4.90 Å². The number of ether oxygens (including phenoxy) is 1. The Morgan fingerprint density at radius 1 is 1.28 bits per heavy atom. The fourth-order valence-corrected chi connectivity index (χ4v) is 3.85. The second-order valence-electron chi connectivity index (χ2n) is 5.96. The first-order chi connectivity index (χ1) is 8.59. The first-order valence-electron chi connectivity index (χ1n) is 6.50. The Labute approximate surface area is 112 Å². The number of benzene rings is 1. The maximum absolute atomic E-state index is 6.27. The van der Waals surface area contributed by atoms with Crippen molar-refractivity contribution in [3.63, 3.8) is 0 Å². The molecule has 3 atom stereocenters. The summed E-state index contributed by atoms with van der Waals surface area (Å²) in [7, 11) is 0. The molecule has 0 N–H and O–H groups in total. The Kier molecular flexibility index (Phi) is 2.00.